The molecule has 0 aliphatic carbocycles. The number of esters is 1. The fourth-order valence-electron chi connectivity index (χ4n) is 9.80. The van der Waals surface area contributed by atoms with Crippen LogP contribution < -0.4 is 10.7 Å². The van der Waals surface area contributed by atoms with E-state index < -0.39 is 53.3 Å². The summed E-state index contributed by atoms with van der Waals surface area (Å²) in [6.07, 6.45) is 5.02. The van der Waals surface area contributed by atoms with Crippen molar-refractivity contribution in [2.75, 3.05) is 47.5 Å². The Morgan fingerprint density at radius 2 is 1.85 bits per heavy atom. The number of carbonyl (C=O) groups excluding carboxylic acids is 5. The molecular weight excluding hydrogens is 831 g/mol. The number of likely N-dealkylation sites (N-methyl/N-ethyl adjacent to an activating group) is 1. The molecule has 3 aliphatic rings. The van der Waals surface area contributed by atoms with E-state index in [4.69, 9.17) is 14.2 Å². The molecule has 4 amide bonds. The molecule has 65 heavy (non-hydrogen) atoms. The molecule has 2 aromatic carbocycles. The van der Waals surface area contributed by atoms with Crippen molar-refractivity contribution in [1.29, 1.82) is 0 Å². The first kappa shape index (κ1) is 47.0. The number of phenolic OH excluding ortho intramolecular Hbond substituents is 1. The Morgan fingerprint density at radius 3 is 2.57 bits per heavy atom. The van der Waals surface area contributed by atoms with Gasteiger partial charge in [-0.2, -0.15) is 0 Å². The number of amides is 4. The standard InChI is InChI=1S/C49H63N7O9/c1-9-55-41-13-12-31-23-36(41)37(43(55)38-25-50-16-14-33(38)27-63-7)24-49(4,5)28-65-47(61)39-11-10-17-56(52-39)46(60)40(21-30-19-34(31)22-35(57)20-30)51-44(58)42(29(2)3)53(6)45(59)32-15-18-54(26-32)48(62)64-8/h12-14,16,19-20,22-23,25,29,32,39-40,42,52,57H,9-11,15,17-18,21,24,26-28H2,1-8H3,(H,51,58)/t32-,39-,40?,42-/m0/s1. The molecule has 16 heteroatoms. The average Bonchev–Trinajstić information content (AvgIpc) is 3.90. The predicted octanol–water partition coefficient (Wildman–Crippen LogP) is 5.46. The van der Waals surface area contributed by atoms with E-state index in [9.17, 15) is 29.1 Å². The molecule has 4 atom stereocenters. The Morgan fingerprint density at radius 1 is 1.06 bits per heavy atom. The second-order valence-electron chi connectivity index (χ2n) is 18.7. The second-order valence-corrected chi connectivity index (χ2v) is 18.7. The molecule has 0 radical (unpaired) electrons. The zero-order valence-electron chi connectivity index (χ0n) is 38.8. The van der Waals surface area contributed by atoms with Crippen LogP contribution in [0.25, 0.3) is 33.3 Å². The number of aryl methyl sites for hydroxylation is 1. The molecule has 2 saturated heterocycles. The van der Waals surface area contributed by atoms with Crippen LogP contribution in [0.15, 0.2) is 54.9 Å². The summed E-state index contributed by atoms with van der Waals surface area (Å²) in [5.74, 6) is -2.69. The molecule has 2 fully saturated rings. The molecule has 3 N–H and O–H groups in total. The third-order valence-corrected chi connectivity index (χ3v) is 12.9. The summed E-state index contributed by atoms with van der Waals surface area (Å²) in [6.45, 7) is 11.9. The van der Waals surface area contributed by atoms with Crippen molar-refractivity contribution in [2.24, 2.45) is 17.3 Å². The van der Waals surface area contributed by atoms with Crippen LogP contribution >= 0.6 is 0 Å². The minimum absolute atomic E-state index is 0.0141. The third kappa shape index (κ3) is 9.98. The van der Waals surface area contributed by atoms with Gasteiger partial charge < -0.3 is 39.0 Å². The molecule has 0 spiro atoms. The minimum atomic E-state index is -1.17. The summed E-state index contributed by atoms with van der Waals surface area (Å²) >= 11 is 0. The number of hydrazine groups is 1. The van der Waals surface area contributed by atoms with Gasteiger partial charge in [0.05, 0.1) is 31.9 Å². The molecule has 0 saturated carbocycles. The van der Waals surface area contributed by atoms with Gasteiger partial charge in [0.1, 0.15) is 23.9 Å². The van der Waals surface area contributed by atoms with Crippen molar-refractivity contribution < 1.29 is 43.3 Å². The van der Waals surface area contributed by atoms with Gasteiger partial charge in [0.2, 0.25) is 11.8 Å². The van der Waals surface area contributed by atoms with Crippen LogP contribution in [0.2, 0.25) is 0 Å². The van der Waals surface area contributed by atoms with Crippen molar-refractivity contribution in [3.05, 3.63) is 71.5 Å². The first-order chi connectivity index (χ1) is 31.0. The monoisotopic (exact) mass is 893 g/mol. The van der Waals surface area contributed by atoms with Crippen LogP contribution in [0.5, 0.6) is 5.75 Å². The summed E-state index contributed by atoms with van der Waals surface area (Å²) in [5, 5.41) is 16.7. The maximum absolute atomic E-state index is 14.7. The number of nitrogens with one attached hydrogen (secondary N) is 2. The van der Waals surface area contributed by atoms with Crippen LogP contribution in [-0.2, 0) is 59.4 Å². The number of fused-ring (bicyclic) bond motifs is 6. The lowest BCUT2D eigenvalue weighted by molar-refractivity contribution is -0.155. The number of aromatic nitrogens is 2. The van der Waals surface area contributed by atoms with E-state index in [2.05, 4.69) is 53.2 Å². The lowest BCUT2D eigenvalue weighted by Gasteiger charge is -2.37. The van der Waals surface area contributed by atoms with Crippen molar-refractivity contribution >= 4 is 40.7 Å². The van der Waals surface area contributed by atoms with Gasteiger partial charge in [-0.05, 0) is 96.7 Å². The predicted molar refractivity (Wildman–Crippen MR) is 244 cm³/mol. The normalized spacial score (nSPS) is 20.6. The van der Waals surface area contributed by atoms with Gasteiger partial charge in [0.25, 0.3) is 5.91 Å². The van der Waals surface area contributed by atoms with Gasteiger partial charge in [-0.25, -0.2) is 10.2 Å². The number of hydrogen-bond acceptors (Lipinski definition) is 11. The Kier molecular flexibility index (Phi) is 14.2. The molecule has 6 bridgehead atoms. The van der Waals surface area contributed by atoms with Gasteiger partial charge in [-0.3, -0.25) is 29.2 Å². The molecular formula is C49H63N7O9. The number of aromatic hydroxyl groups is 1. The number of phenols is 1. The molecule has 3 aliphatic heterocycles. The van der Waals surface area contributed by atoms with E-state index in [1.165, 1.54) is 21.9 Å². The van der Waals surface area contributed by atoms with Crippen molar-refractivity contribution in [3.8, 4) is 28.1 Å². The summed E-state index contributed by atoms with van der Waals surface area (Å²) in [7, 11) is 4.53. The number of cyclic esters (lactones) is 1. The number of ether oxygens (including phenoxy) is 3. The number of pyridine rings is 1. The van der Waals surface area contributed by atoms with E-state index in [1.54, 1.807) is 32.5 Å². The number of rotatable bonds is 9. The smallest absolute Gasteiger partial charge is 0.409 e. The molecule has 1 unspecified atom stereocenters. The number of carbonyl (C=O) groups is 5. The lowest BCUT2D eigenvalue weighted by Crippen LogP contribution is -2.62. The summed E-state index contributed by atoms with van der Waals surface area (Å²) in [4.78, 5) is 76.5. The topological polar surface area (TPSA) is 185 Å². The van der Waals surface area contributed by atoms with Crippen LogP contribution in [-0.4, -0.2) is 125 Å². The molecule has 5 heterocycles. The minimum Gasteiger partial charge on any atom is -0.508 e. The molecule has 7 rings (SSSR count). The van der Waals surface area contributed by atoms with E-state index in [0.29, 0.717) is 56.5 Å². The van der Waals surface area contributed by atoms with Crippen molar-refractivity contribution in [3.63, 3.8) is 0 Å². The number of nitrogens with zero attached hydrogens (tertiary/aromatic N) is 5. The Bertz CT molecular complexity index is 2450. The second kappa shape index (κ2) is 19.6. The van der Waals surface area contributed by atoms with Gasteiger partial charge in [0.15, 0.2) is 0 Å². The highest BCUT2D eigenvalue weighted by Gasteiger charge is 2.40. The Balaban J connectivity index is 1.30. The van der Waals surface area contributed by atoms with E-state index in [-0.39, 0.29) is 43.7 Å². The maximum atomic E-state index is 14.7. The third-order valence-electron chi connectivity index (χ3n) is 12.9. The van der Waals surface area contributed by atoms with Crippen LogP contribution in [0.3, 0.4) is 0 Å². The van der Waals surface area contributed by atoms with Crippen LogP contribution in [0.4, 0.5) is 4.79 Å². The van der Waals surface area contributed by atoms with Crippen molar-refractivity contribution in [2.45, 2.75) is 98.0 Å². The fourth-order valence-corrected chi connectivity index (χ4v) is 9.80. The SMILES string of the molecule is CCn1c(-c2cnccc2COC)c2c3cc(ccc31)-c1cc(O)cc(c1)CC(NC(=O)[C@H](C(C)C)N(C)C(=O)[C@H]1CCN(C(=O)OC)C1)C(=O)N1CCC[C@H](N1)C(=O)OCC(C)(C)C2. The molecule has 348 valence electrons. The number of methoxy groups -OCH3 is 2. The summed E-state index contributed by atoms with van der Waals surface area (Å²) in [6, 6.07) is 10.4. The highest BCUT2D eigenvalue weighted by molar-refractivity contribution is 5.96. The lowest BCUT2D eigenvalue weighted by atomic mass is 9.84. The largest absolute Gasteiger partial charge is 0.508 e. The summed E-state index contributed by atoms with van der Waals surface area (Å²) in [5.41, 5.74) is 9.70. The average molecular weight is 894 g/mol. The molecule has 16 nitrogen and oxygen atoms in total. The first-order valence-corrected chi connectivity index (χ1v) is 22.6. The van der Waals surface area contributed by atoms with E-state index in [0.717, 1.165) is 38.9 Å². The Hall–Kier alpha value is -6.00. The fraction of sp³-hybridized carbons (Fsp3) is 0.510. The first-order valence-electron chi connectivity index (χ1n) is 22.6. The quantitative estimate of drug-likeness (QED) is 0.181. The van der Waals surface area contributed by atoms with Crippen LogP contribution in [0.1, 0.15) is 70.6 Å². The number of benzene rings is 2. The maximum Gasteiger partial charge on any atom is 0.409 e. The number of likely N-dealkylation sites (tertiary alicyclic amines) is 1. The van der Waals surface area contributed by atoms with Gasteiger partial charge in [0, 0.05) is 81.0 Å². The van der Waals surface area contributed by atoms with Gasteiger partial charge in [-0.1, -0.05) is 39.8 Å². The summed E-state index contributed by atoms with van der Waals surface area (Å²) < 4.78 is 18.9. The number of hydrogen-bond donors (Lipinski definition) is 3. The highest BCUT2D eigenvalue weighted by Crippen LogP contribution is 2.41. The molecule has 2 aromatic heterocycles. The van der Waals surface area contributed by atoms with E-state index in [1.807, 2.05) is 38.2 Å². The van der Waals surface area contributed by atoms with Gasteiger partial charge >= 0.3 is 12.1 Å². The highest BCUT2D eigenvalue weighted by atomic mass is 16.5. The molecule has 4 aromatic rings. The Labute approximate surface area is 380 Å². The zero-order valence-corrected chi connectivity index (χ0v) is 38.8. The van der Waals surface area contributed by atoms with E-state index >= 15 is 0 Å². The van der Waals surface area contributed by atoms with Crippen LogP contribution in [0, 0.1) is 17.3 Å². The van der Waals surface area contributed by atoms with Crippen molar-refractivity contribution in [1.82, 2.24) is 35.1 Å². The zero-order chi connectivity index (χ0) is 46.7. The van der Waals surface area contributed by atoms with Gasteiger partial charge in [-0.15, -0.1) is 0 Å².